The lowest BCUT2D eigenvalue weighted by molar-refractivity contribution is -0.385. The Bertz CT molecular complexity index is 686. The molecule has 1 rings (SSSR count). The molecule has 0 heterocycles. The summed E-state index contributed by atoms with van der Waals surface area (Å²) in [5, 5.41) is 10.9. The molecule has 0 amide bonds. The molecule has 1 aromatic rings. The molecule has 0 N–H and O–H groups in total. The molecule has 0 fully saturated rings. The fourth-order valence-corrected chi connectivity index (χ4v) is 4.81. The molecule has 0 saturated carbocycles. The Labute approximate surface area is 134 Å². The SMILES string of the molecule is CCOP(=O)(Cc1c([N+](=O)[O-])cccc1S(F)(F)(F)(F)F)OCC. The molecule has 6 nitrogen and oxygen atoms in total. The minimum Gasteiger partial charge on any atom is -0.309 e. The van der Waals surface area contributed by atoms with Gasteiger partial charge in [0, 0.05) is 6.07 Å². The number of nitrogens with zero attached hydrogens (tertiary/aromatic N) is 1. The van der Waals surface area contributed by atoms with Crippen LogP contribution in [-0.2, 0) is 19.8 Å². The van der Waals surface area contributed by atoms with Crippen molar-refractivity contribution in [3.05, 3.63) is 33.9 Å². The van der Waals surface area contributed by atoms with E-state index < -0.39 is 45.1 Å². The van der Waals surface area contributed by atoms with E-state index in [9.17, 15) is 34.1 Å². The number of hydrogen-bond donors (Lipinski definition) is 0. The molecular formula is C11H15F5NO5PS. The summed E-state index contributed by atoms with van der Waals surface area (Å²) in [4.78, 5) is 7.22. The van der Waals surface area contributed by atoms with E-state index >= 15 is 0 Å². The first-order valence-corrected chi connectivity index (χ1v) is 10.2. The molecule has 24 heavy (non-hydrogen) atoms. The van der Waals surface area contributed by atoms with Gasteiger partial charge in [-0.3, -0.25) is 14.7 Å². The highest BCUT2D eigenvalue weighted by Crippen LogP contribution is 3.02. The molecule has 0 aliphatic heterocycles. The first kappa shape index (κ1) is 20.8. The zero-order chi connectivity index (χ0) is 18.9. The van der Waals surface area contributed by atoms with Gasteiger partial charge >= 0.3 is 17.8 Å². The topological polar surface area (TPSA) is 78.7 Å². The van der Waals surface area contributed by atoms with Crippen molar-refractivity contribution in [1.29, 1.82) is 0 Å². The molecule has 0 atom stereocenters. The highest BCUT2D eigenvalue weighted by Gasteiger charge is 2.67. The smallest absolute Gasteiger partial charge is 0.309 e. The molecular weight excluding hydrogens is 384 g/mol. The van der Waals surface area contributed by atoms with Crippen molar-refractivity contribution < 1.29 is 38.0 Å². The van der Waals surface area contributed by atoms with Crippen LogP contribution in [0.5, 0.6) is 0 Å². The van der Waals surface area contributed by atoms with Crippen molar-refractivity contribution >= 4 is 23.5 Å². The first-order chi connectivity index (χ1) is 10.6. The second kappa shape index (κ2) is 5.94. The fraction of sp³-hybridized carbons (Fsp3) is 0.455. The van der Waals surface area contributed by atoms with Gasteiger partial charge in [-0.1, -0.05) is 25.5 Å². The maximum atomic E-state index is 13.2. The van der Waals surface area contributed by atoms with Gasteiger partial charge in [0.05, 0.1) is 29.9 Å². The average Bonchev–Trinajstić information content (AvgIpc) is 2.35. The van der Waals surface area contributed by atoms with E-state index in [1.54, 1.807) is 0 Å². The van der Waals surface area contributed by atoms with Crippen molar-refractivity contribution in [2.45, 2.75) is 24.9 Å². The molecule has 0 unspecified atom stereocenters. The summed E-state index contributed by atoms with van der Waals surface area (Å²) < 4.78 is 87.9. The predicted octanol–water partition coefficient (Wildman–Crippen LogP) is 6.02. The van der Waals surface area contributed by atoms with Gasteiger partial charge in [-0.25, -0.2) is 0 Å². The summed E-state index contributed by atoms with van der Waals surface area (Å²) in [6.07, 6.45) is -1.30. The summed E-state index contributed by atoms with van der Waals surface area (Å²) >= 11 is 0. The van der Waals surface area contributed by atoms with E-state index in [1.807, 2.05) is 0 Å². The molecule has 13 heteroatoms. The van der Waals surface area contributed by atoms with Gasteiger partial charge in [0.15, 0.2) is 0 Å². The van der Waals surface area contributed by atoms with Crippen LogP contribution < -0.4 is 0 Å². The monoisotopic (exact) mass is 399 g/mol. The first-order valence-electron chi connectivity index (χ1n) is 6.52. The van der Waals surface area contributed by atoms with Crippen LogP contribution in [-0.4, -0.2) is 18.1 Å². The lowest BCUT2D eigenvalue weighted by Crippen LogP contribution is -2.12. The molecule has 0 radical (unpaired) electrons. The third-order valence-electron chi connectivity index (χ3n) is 2.72. The third kappa shape index (κ3) is 5.13. The maximum Gasteiger partial charge on any atom is 0.335 e. The van der Waals surface area contributed by atoms with Crippen molar-refractivity contribution in [3.8, 4) is 0 Å². The van der Waals surface area contributed by atoms with Crippen LogP contribution in [0.4, 0.5) is 25.1 Å². The van der Waals surface area contributed by atoms with E-state index in [0.717, 1.165) is 0 Å². The number of halogens is 5. The molecule has 0 bridgehead atoms. The van der Waals surface area contributed by atoms with E-state index in [2.05, 4.69) is 0 Å². The number of rotatable bonds is 8. The number of hydrogen-bond acceptors (Lipinski definition) is 5. The Hall–Kier alpha value is -1.23. The molecule has 140 valence electrons. The van der Waals surface area contributed by atoms with Gasteiger partial charge in [-0.2, -0.15) is 0 Å². The lowest BCUT2D eigenvalue weighted by Gasteiger charge is -2.41. The third-order valence-corrected chi connectivity index (χ3v) is 5.94. The zero-order valence-corrected chi connectivity index (χ0v) is 14.3. The van der Waals surface area contributed by atoms with Gasteiger partial charge in [0.2, 0.25) is 0 Å². The molecule has 0 saturated heterocycles. The summed E-state index contributed by atoms with van der Waals surface area (Å²) in [6.45, 7) is 2.22. The van der Waals surface area contributed by atoms with Crippen LogP contribution in [0.3, 0.4) is 0 Å². The summed E-state index contributed by atoms with van der Waals surface area (Å²) in [6, 6.07) is 1.12. The van der Waals surface area contributed by atoms with Crippen LogP contribution in [0.2, 0.25) is 0 Å². The van der Waals surface area contributed by atoms with Crippen molar-refractivity contribution in [1.82, 2.24) is 0 Å². The Morgan fingerprint density at radius 1 is 1.12 bits per heavy atom. The second-order valence-electron chi connectivity index (χ2n) is 4.58. The van der Waals surface area contributed by atoms with Gasteiger partial charge in [-0.05, 0) is 19.9 Å². The quantitative estimate of drug-likeness (QED) is 0.231. The lowest BCUT2D eigenvalue weighted by atomic mass is 10.2. The van der Waals surface area contributed by atoms with Crippen LogP contribution in [0.25, 0.3) is 0 Å². The molecule has 0 aromatic heterocycles. The highest BCUT2D eigenvalue weighted by atomic mass is 32.5. The minimum absolute atomic E-state index is 0.0200. The zero-order valence-electron chi connectivity index (χ0n) is 12.6. The Balaban J connectivity index is 3.67. The van der Waals surface area contributed by atoms with Crippen molar-refractivity contribution in [2.24, 2.45) is 0 Å². The van der Waals surface area contributed by atoms with E-state index in [4.69, 9.17) is 9.05 Å². The normalized spacial score (nSPS) is 15.6. The van der Waals surface area contributed by atoms with Crippen LogP contribution in [0, 0.1) is 10.1 Å². The minimum atomic E-state index is -10.3. The maximum absolute atomic E-state index is 13.2. The molecule has 0 aliphatic carbocycles. The van der Waals surface area contributed by atoms with Crippen LogP contribution >= 0.6 is 17.8 Å². The van der Waals surface area contributed by atoms with Gasteiger partial charge < -0.3 is 9.05 Å². The van der Waals surface area contributed by atoms with Gasteiger partial charge in [0.1, 0.15) is 4.90 Å². The van der Waals surface area contributed by atoms with Gasteiger partial charge in [0.25, 0.3) is 5.69 Å². The summed E-state index contributed by atoms with van der Waals surface area (Å²) in [5.74, 6) is 0. The predicted molar refractivity (Wildman–Crippen MR) is 79.1 cm³/mol. The van der Waals surface area contributed by atoms with Crippen LogP contribution in [0.15, 0.2) is 23.1 Å². The number of nitro groups is 1. The number of nitro benzene ring substituents is 1. The molecule has 0 spiro atoms. The fourth-order valence-electron chi connectivity index (χ4n) is 1.96. The Morgan fingerprint density at radius 2 is 1.62 bits per heavy atom. The van der Waals surface area contributed by atoms with Crippen molar-refractivity contribution in [2.75, 3.05) is 13.2 Å². The average molecular weight is 399 g/mol. The summed E-state index contributed by atoms with van der Waals surface area (Å²) in [5.41, 5.74) is -2.66. The Morgan fingerprint density at radius 3 is 2.00 bits per heavy atom. The van der Waals surface area contributed by atoms with Gasteiger partial charge in [-0.15, -0.1) is 0 Å². The largest absolute Gasteiger partial charge is 0.335 e. The molecule has 1 aromatic carbocycles. The Kier molecular flexibility index (Phi) is 5.15. The standard InChI is InChI=1S/C11H15F5NO5PS/c1-3-21-23(20,22-4-2)8-9-10(17(18)19)6-5-7-11(9)24(12,13,14,15)16/h5-7H,3-4,8H2,1-2H3. The van der Waals surface area contributed by atoms with E-state index in [0.29, 0.717) is 12.1 Å². The second-order valence-corrected chi connectivity index (χ2v) is 9.02. The summed E-state index contributed by atoms with van der Waals surface area (Å²) in [7, 11) is -14.5. The van der Waals surface area contributed by atoms with Crippen LogP contribution in [0.1, 0.15) is 19.4 Å². The van der Waals surface area contributed by atoms with E-state index in [1.165, 1.54) is 13.8 Å². The number of benzene rings is 1. The van der Waals surface area contributed by atoms with Crippen molar-refractivity contribution in [3.63, 3.8) is 0 Å². The van der Waals surface area contributed by atoms with E-state index in [-0.39, 0.29) is 19.3 Å². The highest BCUT2D eigenvalue weighted by molar-refractivity contribution is 8.45. The molecule has 0 aliphatic rings.